The molecule has 3 N–H and O–H groups in total. The second-order valence-corrected chi connectivity index (χ2v) is 11.2. The molecule has 3 unspecified atom stereocenters. The molecule has 3 atom stereocenters. The van der Waals surface area contributed by atoms with Gasteiger partial charge >= 0.3 is 6.18 Å². The summed E-state index contributed by atoms with van der Waals surface area (Å²) in [7, 11) is 1.18. The summed E-state index contributed by atoms with van der Waals surface area (Å²) in [6.45, 7) is -0.0675. The fraction of sp³-hybridized carbons (Fsp3) is 0.500. The number of alkyl halides is 6. The molecule has 0 bridgehead atoms. The number of piperidine rings is 1. The summed E-state index contributed by atoms with van der Waals surface area (Å²) in [4.78, 5) is 32.1. The molecule has 1 aromatic carbocycles. The Hall–Kier alpha value is -4.15. The molecule has 0 radical (unpaired) electrons. The van der Waals surface area contributed by atoms with Gasteiger partial charge in [0.25, 0.3) is 11.8 Å². The van der Waals surface area contributed by atoms with E-state index in [4.69, 9.17) is 10.5 Å². The number of hydrogen-bond donors (Lipinski definition) is 2. The lowest BCUT2D eigenvalue weighted by atomic mass is 10.0. The number of carbonyl (C=O) groups excluding carboxylic acids is 2. The molecule has 17 heteroatoms. The normalized spacial score (nSPS) is 21.2. The summed E-state index contributed by atoms with van der Waals surface area (Å²) >= 11 is 0. The van der Waals surface area contributed by atoms with Crippen molar-refractivity contribution in [1.82, 2.24) is 29.7 Å². The van der Waals surface area contributed by atoms with Crippen molar-refractivity contribution in [1.29, 1.82) is 0 Å². The zero-order valence-corrected chi connectivity index (χ0v) is 24.2. The number of benzene rings is 1. The first-order valence-corrected chi connectivity index (χ1v) is 14.0. The van der Waals surface area contributed by atoms with E-state index in [9.17, 15) is 35.9 Å². The molecular formula is C28H30F7N7O3. The molecule has 0 saturated carbocycles. The highest BCUT2D eigenvalue weighted by Gasteiger charge is 2.46. The van der Waals surface area contributed by atoms with Gasteiger partial charge in [0.2, 0.25) is 5.91 Å². The molecule has 0 spiro atoms. The van der Waals surface area contributed by atoms with Crippen LogP contribution in [0.15, 0.2) is 24.5 Å². The van der Waals surface area contributed by atoms with Gasteiger partial charge in [0.05, 0.1) is 31.0 Å². The Labute approximate surface area is 252 Å². The number of nitrogens with one attached hydrogen (secondary N) is 1. The van der Waals surface area contributed by atoms with Crippen LogP contribution >= 0.6 is 0 Å². The number of carbonyl (C=O) groups is 2. The predicted octanol–water partition coefficient (Wildman–Crippen LogP) is 3.83. The highest BCUT2D eigenvalue weighted by Crippen LogP contribution is 2.36. The highest BCUT2D eigenvalue weighted by atomic mass is 19.4. The third-order valence-corrected chi connectivity index (χ3v) is 8.19. The van der Waals surface area contributed by atoms with Crippen LogP contribution in [-0.2, 0) is 11.3 Å². The van der Waals surface area contributed by atoms with E-state index >= 15 is 4.39 Å². The van der Waals surface area contributed by atoms with Crippen LogP contribution in [0.4, 0.5) is 36.6 Å². The second kappa shape index (κ2) is 12.0. The Bertz CT molecular complexity index is 1600. The predicted molar refractivity (Wildman–Crippen MR) is 147 cm³/mol. The molecule has 2 saturated heterocycles. The van der Waals surface area contributed by atoms with Crippen molar-refractivity contribution in [3.8, 4) is 17.0 Å². The average Bonchev–Trinajstić information content (AvgIpc) is 3.53. The standard InChI is InChI=1S/C28H30F7N7O3/c1-14(28(33,34)35)26(44)41-11-19(30)20(12-41)39-25(43)17-8-16(18(29)9-22(17)45-2)21-7-15(23-24(36)37-13-38-42(21)23)10-40-5-3-27(31,32)4-6-40/h7-9,13-14,19-20H,3-6,10-12H2,1-2H3,(H,39,43)(H2,36,37,38). The van der Waals surface area contributed by atoms with Crippen molar-refractivity contribution in [2.24, 2.45) is 5.92 Å². The van der Waals surface area contributed by atoms with Gasteiger partial charge in [-0.2, -0.15) is 18.3 Å². The van der Waals surface area contributed by atoms with E-state index in [0.29, 0.717) is 22.9 Å². The smallest absolute Gasteiger partial charge is 0.400 e. The van der Waals surface area contributed by atoms with Gasteiger partial charge in [-0.25, -0.2) is 27.1 Å². The number of nitrogens with two attached hydrogens (primary N) is 1. The Balaban J connectivity index is 1.44. The first kappa shape index (κ1) is 32.2. The SMILES string of the molecule is COc1cc(F)c(-c2cc(CN3CCC(F)(F)CC3)c3c(N)ncnn23)cc1C(=O)NC1CN(C(=O)C(C)C(F)(F)F)CC1F. The summed E-state index contributed by atoms with van der Waals surface area (Å²) in [6, 6.07) is 2.29. The summed E-state index contributed by atoms with van der Waals surface area (Å²) in [6.07, 6.45) is -6.19. The van der Waals surface area contributed by atoms with Crippen LogP contribution in [0.25, 0.3) is 16.8 Å². The number of aromatic nitrogens is 3. The van der Waals surface area contributed by atoms with Crippen LogP contribution in [0.2, 0.25) is 0 Å². The Kier molecular flexibility index (Phi) is 8.59. The van der Waals surface area contributed by atoms with Crippen molar-refractivity contribution in [3.05, 3.63) is 41.5 Å². The second-order valence-electron chi connectivity index (χ2n) is 11.2. The van der Waals surface area contributed by atoms with Crippen LogP contribution in [0, 0.1) is 11.7 Å². The van der Waals surface area contributed by atoms with Crippen molar-refractivity contribution >= 4 is 23.1 Å². The average molecular weight is 646 g/mol. The van der Waals surface area contributed by atoms with E-state index in [1.807, 2.05) is 0 Å². The van der Waals surface area contributed by atoms with Crippen molar-refractivity contribution in [2.45, 2.75) is 50.6 Å². The lowest BCUT2D eigenvalue weighted by Crippen LogP contribution is -2.43. The largest absolute Gasteiger partial charge is 0.496 e. The number of halogens is 7. The minimum atomic E-state index is -4.82. The summed E-state index contributed by atoms with van der Waals surface area (Å²) < 4.78 is 103. The number of nitrogens with zero attached hydrogens (tertiary/aromatic N) is 5. The molecule has 5 rings (SSSR count). The Morgan fingerprint density at radius 2 is 1.87 bits per heavy atom. The summed E-state index contributed by atoms with van der Waals surface area (Å²) in [5.74, 6) is -8.35. The molecule has 2 aromatic heterocycles. The van der Waals surface area contributed by atoms with E-state index in [-0.39, 0.29) is 60.9 Å². The van der Waals surface area contributed by atoms with Crippen molar-refractivity contribution in [3.63, 3.8) is 0 Å². The number of ether oxygens (including phenoxy) is 1. The number of amides is 2. The van der Waals surface area contributed by atoms with Gasteiger partial charge < -0.3 is 20.7 Å². The zero-order chi connectivity index (χ0) is 32.8. The third kappa shape index (κ3) is 6.48. The van der Waals surface area contributed by atoms with Gasteiger partial charge in [-0.1, -0.05) is 0 Å². The molecule has 4 heterocycles. The first-order chi connectivity index (χ1) is 21.1. The van der Waals surface area contributed by atoms with Gasteiger partial charge in [-0.3, -0.25) is 14.5 Å². The van der Waals surface area contributed by atoms with Gasteiger partial charge in [0.15, 0.2) is 5.82 Å². The molecular weight excluding hydrogens is 615 g/mol. The van der Waals surface area contributed by atoms with Crippen LogP contribution in [0.5, 0.6) is 5.75 Å². The number of anilines is 1. The summed E-state index contributed by atoms with van der Waals surface area (Å²) in [5, 5.41) is 6.56. The van der Waals surface area contributed by atoms with Crippen LogP contribution in [-0.4, -0.2) is 93.8 Å². The minimum absolute atomic E-state index is 0.0506. The molecule has 2 aliphatic heterocycles. The van der Waals surface area contributed by atoms with Gasteiger partial charge in [0.1, 0.15) is 35.5 Å². The fourth-order valence-electron chi connectivity index (χ4n) is 5.57. The monoisotopic (exact) mass is 645 g/mol. The topological polar surface area (TPSA) is 118 Å². The first-order valence-electron chi connectivity index (χ1n) is 14.0. The van der Waals surface area contributed by atoms with Crippen LogP contribution < -0.4 is 15.8 Å². The van der Waals surface area contributed by atoms with Crippen LogP contribution in [0.1, 0.15) is 35.7 Å². The molecule has 10 nitrogen and oxygen atoms in total. The number of methoxy groups -OCH3 is 1. The molecule has 2 aliphatic rings. The van der Waals surface area contributed by atoms with Gasteiger partial charge in [-0.05, 0) is 24.6 Å². The molecule has 244 valence electrons. The molecule has 3 aromatic rings. The maximum Gasteiger partial charge on any atom is 0.400 e. The number of likely N-dealkylation sites (tertiary alicyclic amines) is 2. The number of fused-ring (bicyclic) bond motifs is 1. The lowest BCUT2D eigenvalue weighted by molar-refractivity contribution is -0.185. The van der Waals surface area contributed by atoms with Crippen molar-refractivity contribution in [2.75, 3.05) is 39.0 Å². The third-order valence-electron chi connectivity index (χ3n) is 8.19. The maximum absolute atomic E-state index is 15.5. The van der Waals surface area contributed by atoms with E-state index in [0.717, 1.165) is 18.5 Å². The van der Waals surface area contributed by atoms with E-state index in [1.54, 1.807) is 11.0 Å². The molecule has 0 aliphatic carbocycles. The quantitative estimate of drug-likeness (QED) is 0.375. The molecule has 45 heavy (non-hydrogen) atoms. The maximum atomic E-state index is 15.5. The van der Waals surface area contributed by atoms with Crippen LogP contribution in [0.3, 0.4) is 0 Å². The van der Waals surface area contributed by atoms with E-state index in [1.165, 1.54) is 11.6 Å². The number of hydrogen-bond acceptors (Lipinski definition) is 7. The van der Waals surface area contributed by atoms with Gasteiger partial charge in [0, 0.05) is 50.7 Å². The number of nitrogen functional groups attached to an aromatic ring is 1. The van der Waals surface area contributed by atoms with Gasteiger partial charge in [-0.15, -0.1) is 0 Å². The molecule has 2 fully saturated rings. The fourth-order valence-corrected chi connectivity index (χ4v) is 5.57. The highest BCUT2D eigenvalue weighted by molar-refractivity contribution is 5.98. The number of rotatable bonds is 7. The van der Waals surface area contributed by atoms with Crippen molar-refractivity contribution < 1.29 is 45.1 Å². The molecule has 2 amide bonds. The minimum Gasteiger partial charge on any atom is -0.496 e. The Morgan fingerprint density at radius 3 is 2.51 bits per heavy atom. The summed E-state index contributed by atoms with van der Waals surface area (Å²) in [5.41, 5.74) is 6.75. The zero-order valence-electron chi connectivity index (χ0n) is 24.2. The van der Waals surface area contributed by atoms with E-state index < -0.39 is 61.0 Å². The van der Waals surface area contributed by atoms with E-state index in [2.05, 4.69) is 15.4 Å². The Morgan fingerprint density at radius 1 is 1.18 bits per heavy atom. The lowest BCUT2D eigenvalue weighted by Gasteiger charge is -2.31.